The number of phenolic OH excluding ortho intramolecular Hbond substituents is 1. The fraction of sp³-hybridized carbons (Fsp3) is 0.513. The van der Waals surface area contributed by atoms with Gasteiger partial charge in [-0.2, -0.15) is 0 Å². The number of aromatic carboxylic acids is 1. The summed E-state index contributed by atoms with van der Waals surface area (Å²) in [7, 11) is 0. The Morgan fingerprint density at radius 1 is 0.659 bits per heavy atom. The lowest BCUT2D eigenvalue weighted by atomic mass is 9.30. The molecule has 4 unspecified atom stereocenters. The summed E-state index contributed by atoms with van der Waals surface area (Å²) in [6, 6.07) is 22.0. The van der Waals surface area contributed by atoms with E-state index in [0.717, 1.165) is 29.4 Å². The van der Waals surface area contributed by atoms with Gasteiger partial charge in [-0.05, 0) is 170 Å². The maximum Gasteiger partial charge on any atom is 0.335 e. The summed E-state index contributed by atoms with van der Waals surface area (Å²) >= 11 is 0. The van der Waals surface area contributed by atoms with Gasteiger partial charge in [0.15, 0.2) is 0 Å². The molecule has 228 valence electrons. The van der Waals surface area contributed by atoms with Crippen LogP contribution in [-0.4, -0.2) is 16.2 Å². The molecule has 3 aromatic rings. The summed E-state index contributed by atoms with van der Waals surface area (Å²) in [6.07, 6.45) is 16.3. The van der Waals surface area contributed by atoms with Crippen molar-refractivity contribution in [2.45, 2.75) is 87.9 Å². The van der Waals surface area contributed by atoms with Crippen LogP contribution in [0.5, 0.6) is 17.2 Å². The Balaban J connectivity index is 1.04. The molecule has 0 spiro atoms. The molecule has 0 saturated heterocycles. The third-order valence-corrected chi connectivity index (χ3v) is 13.7. The molecule has 8 saturated carbocycles. The van der Waals surface area contributed by atoms with E-state index in [1.54, 1.807) is 18.2 Å². The zero-order chi connectivity index (χ0) is 29.9. The van der Waals surface area contributed by atoms with Crippen molar-refractivity contribution in [3.05, 3.63) is 83.4 Å². The Morgan fingerprint density at radius 3 is 1.57 bits per heavy atom. The highest BCUT2D eigenvalue weighted by molar-refractivity contribution is 5.87. The lowest BCUT2D eigenvalue weighted by molar-refractivity contribution is -0.212. The minimum Gasteiger partial charge on any atom is -0.506 e. The van der Waals surface area contributed by atoms with Gasteiger partial charge in [-0.15, -0.1) is 0 Å². The predicted molar refractivity (Wildman–Crippen MR) is 170 cm³/mol. The molecule has 8 fully saturated rings. The molecule has 0 aromatic heterocycles. The average molecular weight is 590 g/mol. The molecule has 8 aliphatic carbocycles. The number of anilines is 1. The molecular weight excluding hydrogens is 546 g/mol. The second-order valence-electron chi connectivity index (χ2n) is 16.3. The van der Waals surface area contributed by atoms with Gasteiger partial charge in [0.2, 0.25) is 0 Å². The topological polar surface area (TPSA) is 92.8 Å². The molecule has 0 heterocycles. The largest absolute Gasteiger partial charge is 0.506 e. The lowest BCUT2D eigenvalue weighted by Crippen LogP contribution is -2.66. The molecule has 4 atom stereocenters. The van der Waals surface area contributed by atoms with Gasteiger partial charge in [-0.3, -0.25) is 0 Å². The van der Waals surface area contributed by atoms with Crippen LogP contribution >= 0.6 is 0 Å². The van der Waals surface area contributed by atoms with Crippen LogP contribution in [0.25, 0.3) is 0 Å². The number of hydrogen-bond acceptors (Lipinski definition) is 4. The molecular formula is C39H43NO4. The second kappa shape index (κ2) is 9.05. The summed E-state index contributed by atoms with van der Waals surface area (Å²) in [4.78, 5) is 11.6. The Bertz CT molecular complexity index is 1610. The number of aromatic hydroxyl groups is 1. The molecule has 5 heteroatoms. The Labute approximate surface area is 259 Å². The van der Waals surface area contributed by atoms with Crippen molar-refractivity contribution >= 4 is 11.7 Å². The van der Waals surface area contributed by atoms with Crippen LogP contribution < -0.4 is 10.5 Å². The summed E-state index contributed by atoms with van der Waals surface area (Å²) in [5.74, 6) is 3.85. The van der Waals surface area contributed by atoms with Crippen molar-refractivity contribution in [2.75, 3.05) is 5.73 Å². The van der Waals surface area contributed by atoms with E-state index in [1.165, 1.54) is 88.2 Å². The molecule has 0 radical (unpaired) electrons. The Hall–Kier alpha value is -3.47. The number of nitrogens with two attached hydrogens (primary N) is 1. The number of nitrogen functional groups attached to an aromatic ring is 1. The molecule has 8 aliphatic rings. The Morgan fingerprint density at radius 2 is 1.11 bits per heavy atom. The highest BCUT2D eigenvalue weighted by Crippen LogP contribution is 2.78. The van der Waals surface area contributed by atoms with Crippen LogP contribution in [0.2, 0.25) is 0 Å². The zero-order valence-corrected chi connectivity index (χ0v) is 25.4. The zero-order valence-electron chi connectivity index (χ0n) is 25.4. The molecule has 44 heavy (non-hydrogen) atoms. The third kappa shape index (κ3) is 3.86. The normalized spacial score (nSPS) is 39.5. The van der Waals surface area contributed by atoms with Crippen LogP contribution in [0.3, 0.4) is 0 Å². The number of phenols is 1. The van der Waals surface area contributed by atoms with Gasteiger partial charge in [0.25, 0.3) is 0 Å². The molecule has 11 rings (SSSR count). The first-order chi connectivity index (χ1) is 21.2. The number of hydrogen-bond donors (Lipinski definition) is 3. The van der Waals surface area contributed by atoms with E-state index in [-0.39, 0.29) is 16.6 Å². The maximum atomic E-state index is 11.6. The van der Waals surface area contributed by atoms with Crippen LogP contribution in [0.1, 0.15) is 98.5 Å². The maximum absolute atomic E-state index is 11.6. The highest BCUT2D eigenvalue weighted by Gasteiger charge is 2.70. The number of carboxylic acids is 1. The van der Waals surface area contributed by atoms with Gasteiger partial charge >= 0.3 is 5.97 Å². The van der Waals surface area contributed by atoms with Gasteiger partial charge < -0.3 is 20.7 Å². The number of carbonyl (C=O) groups is 1. The van der Waals surface area contributed by atoms with Crippen molar-refractivity contribution in [3.8, 4) is 17.2 Å². The second-order valence-corrected chi connectivity index (χ2v) is 16.3. The number of rotatable bonds is 6. The first-order valence-electron chi connectivity index (χ1n) is 16.9. The molecule has 0 aliphatic heterocycles. The van der Waals surface area contributed by atoms with Crippen molar-refractivity contribution in [1.29, 1.82) is 0 Å². The van der Waals surface area contributed by atoms with E-state index in [4.69, 9.17) is 10.5 Å². The summed E-state index contributed by atoms with van der Waals surface area (Å²) in [6.45, 7) is 0. The van der Waals surface area contributed by atoms with Crippen LogP contribution in [-0.2, 0) is 10.8 Å². The highest BCUT2D eigenvalue weighted by atomic mass is 16.5. The van der Waals surface area contributed by atoms with E-state index in [1.807, 2.05) is 12.1 Å². The van der Waals surface area contributed by atoms with E-state index < -0.39 is 5.97 Å². The third-order valence-electron chi connectivity index (χ3n) is 13.7. The SMILES string of the molecule is Nc1ccc(Oc2ccc(C34CC5CC(C3)CC(C36CC7CC(CC(c8ccc(C(=O)O)cc8)(C7)C3)C6)(C5)C4)cc2)cc1O. The predicted octanol–water partition coefficient (Wildman–Crippen LogP) is 8.84. The van der Waals surface area contributed by atoms with Gasteiger partial charge in [-0.25, -0.2) is 4.79 Å². The molecule has 5 nitrogen and oxygen atoms in total. The number of benzene rings is 3. The van der Waals surface area contributed by atoms with Crippen molar-refractivity contribution < 1.29 is 19.7 Å². The quantitative estimate of drug-likeness (QED) is 0.197. The van der Waals surface area contributed by atoms with E-state index in [0.29, 0.717) is 27.8 Å². The van der Waals surface area contributed by atoms with Crippen LogP contribution in [0, 0.1) is 34.5 Å². The summed E-state index contributed by atoms with van der Waals surface area (Å²) in [5.41, 5.74) is 10.7. The van der Waals surface area contributed by atoms with Gasteiger partial charge in [0, 0.05) is 6.07 Å². The summed E-state index contributed by atoms with van der Waals surface area (Å²) in [5, 5.41) is 19.6. The van der Waals surface area contributed by atoms with Crippen LogP contribution in [0.15, 0.2) is 66.7 Å². The fourth-order valence-electron chi connectivity index (χ4n) is 13.0. The average Bonchev–Trinajstić information content (AvgIpc) is 2.98. The van der Waals surface area contributed by atoms with Crippen molar-refractivity contribution in [2.24, 2.45) is 34.5 Å². The standard InChI is InChI=1S/C39H43NO4/c40-33-10-9-32(13-34(33)41)44-31-7-5-30(6-8-31)37-16-26-12-27(17-37)21-39(20-26,23-37)38-18-24-11-25(19-38)15-36(14-24,22-38)29-3-1-28(2-4-29)35(42)43/h1-10,13,24-27,41H,11-12,14-23,40H2,(H,42,43). The monoisotopic (exact) mass is 589 g/mol. The van der Waals surface area contributed by atoms with Gasteiger partial charge in [-0.1, -0.05) is 24.3 Å². The minimum atomic E-state index is -0.832. The molecule has 3 aromatic carbocycles. The summed E-state index contributed by atoms with van der Waals surface area (Å²) < 4.78 is 6.10. The minimum absolute atomic E-state index is 0.0433. The van der Waals surface area contributed by atoms with Crippen molar-refractivity contribution in [1.82, 2.24) is 0 Å². The Kier molecular flexibility index (Phi) is 5.53. The van der Waals surface area contributed by atoms with Crippen LogP contribution in [0.4, 0.5) is 5.69 Å². The number of carboxylic acid groups (broad SMARTS) is 1. The van der Waals surface area contributed by atoms with E-state index >= 15 is 0 Å². The van der Waals surface area contributed by atoms with E-state index in [9.17, 15) is 15.0 Å². The lowest BCUT2D eigenvalue weighted by Gasteiger charge is -2.74. The van der Waals surface area contributed by atoms with Crippen molar-refractivity contribution in [3.63, 3.8) is 0 Å². The molecule has 0 amide bonds. The van der Waals surface area contributed by atoms with Gasteiger partial charge in [0.05, 0.1) is 11.3 Å². The van der Waals surface area contributed by atoms with E-state index in [2.05, 4.69) is 36.4 Å². The first kappa shape index (κ1) is 26.9. The first-order valence-corrected chi connectivity index (χ1v) is 16.9. The van der Waals surface area contributed by atoms with Gasteiger partial charge in [0.1, 0.15) is 17.2 Å². The fourth-order valence-corrected chi connectivity index (χ4v) is 13.0. The number of ether oxygens (including phenoxy) is 1. The molecule has 8 bridgehead atoms. The molecule has 4 N–H and O–H groups in total. The smallest absolute Gasteiger partial charge is 0.335 e.